The average molecular weight is 231 g/mol. The number of nitrogens with two attached hydrogens (primary N) is 1. The van der Waals surface area contributed by atoms with Crippen LogP contribution in [0.3, 0.4) is 0 Å². The molecule has 0 amide bonds. The molecule has 0 atom stereocenters. The molecule has 12 heavy (non-hydrogen) atoms. The number of halogens is 1. The Kier molecular flexibility index (Phi) is 3.96. The summed E-state index contributed by atoms with van der Waals surface area (Å²) in [5.41, 5.74) is 5.35. The van der Waals surface area contributed by atoms with Crippen LogP contribution >= 0.6 is 15.9 Å². The van der Waals surface area contributed by atoms with Crippen molar-refractivity contribution in [2.45, 2.75) is 6.42 Å². The van der Waals surface area contributed by atoms with Gasteiger partial charge in [-0.1, -0.05) is 0 Å². The fourth-order valence-corrected chi connectivity index (χ4v) is 1.11. The van der Waals surface area contributed by atoms with Gasteiger partial charge in [0.15, 0.2) is 0 Å². The monoisotopic (exact) mass is 230 g/mol. The minimum absolute atomic E-state index is 0.690. The Balaban J connectivity index is 2.46. The second-order valence-electron chi connectivity index (χ2n) is 2.29. The summed E-state index contributed by atoms with van der Waals surface area (Å²) >= 11 is 3.33. The van der Waals surface area contributed by atoms with Crippen LogP contribution in [0.15, 0.2) is 17.0 Å². The molecule has 0 aliphatic heterocycles. The van der Waals surface area contributed by atoms with Gasteiger partial charge in [0.2, 0.25) is 0 Å². The molecule has 1 rings (SSSR count). The maximum atomic E-state index is 5.35. The fourth-order valence-electron chi connectivity index (χ4n) is 0.752. The SMILES string of the molecule is NCCCNc1ncncc1Br. The van der Waals surface area contributed by atoms with Crippen molar-refractivity contribution in [1.82, 2.24) is 9.97 Å². The Morgan fingerprint density at radius 3 is 3.08 bits per heavy atom. The molecule has 0 aliphatic rings. The van der Waals surface area contributed by atoms with Gasteiger partial charge in [-0.2, -0.15) is 0 Å². The third kappa shape index (κ3) is 2.75. The first-order chi connectivity index (χ1) is 5.84. The van der Waals surface area contributed by atoms with Gasteiger partial charge in [0.1, 0.15) is 12.1 Å². The number of hydrogen-bond acceptors (Lipinski definition) is 4. The summed E-state index contributed by atoms with van der Waals surface area (Å²) in [5, 5.41) is 3.14. The van der Waals surface area contributed by atoms with Crippen molar-refractivity contribution < 1.29 is 0 Å². The molecule has 1 heterocycles. The van der Waals surface area contributed by atoms with Gasteiger partial charge in [-0.15, -0.1) is 0 Å². The molecule has 0 saturated heterocycles. The molecule has 1 aromatic rings. The van der Waals surface area contributed by atoms with Gasteiger partial charge >= 0.3 is 0 Å². The highest BCUT2D eigenvalue weighted by atomic mass is 79.9. The van der Waals surface area contributed by atoms with Gasteiger partial charge in [0.05, 0.1) is 4.47 Å². The van der Waals surface area contributed by atoms with Crippen LogP contribution in [0, 0.1) is 0 Å². The van der Waals surface area contributed by atoms with Crippen molar-refractivity contribution in [2.75, 3.05) is 18.4 Å². The van der Waals surface area contributed by atoms with E-state index in [1.54, 1.807) is 6.20 Å². The van der Waals surface area contributed by atoms with Crippen molar-refractivity contribution in [3.8, 4) is 0 Å². The number of nitrogens with zero attached hydrogens (tertiary/aromatic N) is 2. The number of aromatic nitrogens is 2. The Morgan fingerprint density at radius 2 is 2.42 bits per heavy atom. The van der Waals surface area contributed by atoms with Crippen molar-refractivity contribution in [3.63, 3.8) is 0 Å². The van der Waals surface area contributed by atoms with Gasteiger partial charge < -0.3 is 11.1 Å². The van der Waals surface area contributed by atoms with E-state index in [0.29, 0.717) is 6.54 Å². The van der Waals surface area contributed by atoms with E-state index < -0.39 is 0 Å². The summed E-state index contributed by atoms with van der Waals surface area (Å²) in [6.07, 6.45) is 4.16. The van der Waals surface area contributed by atoms with Crippen LogP contribution in [0.1, 0.15) is 6.42 Å². The summed E-state index contributed by atoms with van der Waals surface area (Å²) in [6.45, 7) is 1.53. The molecular weight excluding hydrogens is 220 g/mol. The molecular formula is C7H11BrN4. The predicted molar refractivity (Wildman–Crippen MR) is 51.9 cm³/mol. The highest BCUT2D eigenvalue weighted by molar-refractivity contribution is 9.10. The minimum Gasteiger partial charge on any atom is -0.369 e. The summed E-state index contributed by atoms with van der Waals surface area (Å²) < 4.78 is 0.877. The summed E-state index contributed by atoms with van der Waals surface area (Å²) in [5.74, 6) is 0.818. The maximum absolute atomic E-state index is 5.35. The summed E-state index contributed by atoms with van der Waals surface area (Å²) in [6, 6.07) is 0. The first-order valence-electron chi connectivity index (χ1n) is 3.74. The summed E-state index contributed by atoms with van der Waals surface area (Å²) in [4.78, 5) is 7.89. The molecule has 0 unspecified atom stereocenters. The third-order valence-electron chi connectivity index (χ3n) is 1.34. The number of hydrogen-bond donors (Lipinski definition) is 2. The van der Waals surface area contributed by atoms with Crippen molar-refractivity contribution in [2.24, 2.45) is 5.73 Å². The first kappa shape index (κ1) is 9.41. The Morgan fingerprint density at radius 1 is 1.58 bits per heavy atom. The number of anilines is 1. The lowest BCUT2D eigenvalue weighted by molar-refractivity contribution is 0.868. The highest BCUT2D eigenvalue weighted by Gasteiger charge is 1.97. The molecule has 1 aromatic heterocycles. The Labute approximate surface area is 79.7 Å². The van der Waals surface area contributed by atoms with Crippen molar-refractivity contribution in [1.29, 1.82) is 0 Å². The topological polar surface area (TPSA) is 63.8 Å². The lowest BCUT2D eigenvalue weighted by Crippen LogP contribution is -2.09. The third-order valence-corrected chi connectivity index (χ3v) is 1.92. The quantitative estimate of drug-likeness (QED) is 0.758. The molecule has 0 spiro atoms. The van der Waals surface area contributed by atoms with Crippen molar-refractivity contribution >= 4 is 21.7 Å². The second-order valence-corrected chi connectivity index (χ2v) is 3.14. The van der Waals surface area contributed by atoms with E-state index in [9.17, 15) is 0 Å². The largest absolute Gasteiger partial charge is 0.369 e. The van der Waals surface area contributed by atoms with Crippen LogP contribution in [0.4, 0.5) is 5.82 Å². The Bertz CT molecular complexity index is 241. The highest BCUT2D eigenvalue weighted by Crippen LogP contribution is 2.16. The van der Waals surface area contributed by atoms with E-state index in [0.717, 1.165) is 23.3 Å². The molecule has 0 fully saturated rings. The van der Waals surface area contributed by atoms with Crippen LogP contribution in [0.25, 0.3) is 0 Å². The summed E-state index contributed by atoms with van der Waals surface area (Å²) in [7, 11) is 0. The van der Waals surface area contributed by atoms with E-state index in [4.69, 9.17) is 5.73 Å². The predicted octanol–water partition coefficient (Wildman–Crippen LogP) is 1.000. The lowest BCUT2D eigenvalue weighted by atomic mass is 10.4. The maximum Gasteiger partial charge on any atom is 0.143 e. The van der Waals surface area contributed by atoms with Crippen LogP contribution in [0.2, 0.25) is 0 Å². The Hall–Kier alpha value is -0.680. The van der Waals surface area contributed by atoms with Gasteiger partial charge in [0, 0.05) is 12.7 Å². The molecule has 3 N–H and O–H groups in total. The van der Waals surface area contributed by atoms with E-state index in [1.807, 2.05) is 0 Å². The zero-order chi connectivity index (χ0) is 8.81. The molecule has 4 nitrogen and oxygen atoms in total. The van der Waals surface area contributed by atoms with Crippen LogP contribution < -0.4 is 11.1 Å². The van der Waals surface area contributed by atoms with Gasteiger partial charge in [-0.3, -0.25) is 0 Å². The van der Waals surface area contributed by atoms with E-state index >= 15 is 0 Å². The van der Waals surface area contributed by atoms with Crippen LogP contribution in [-0.4, -0.2) is 23.1 Å². The molecule has 0 aliphatic carbocycles. The molecule has 0 radical (unpaired) electrons. The minimum atomic E-state index is 0.690. The molecule has 0 saturated carbocycles. The fraction of sp³-hybridized carbons (Fsp3) is 0.429. The van der Waals surface area contributed by atoms with Gasteiger partial charge in [-0.05, 0) is 28.9 Å². The van der Waals surface area contributed by atoms with Crippen LogP contribution in [-0.2, 0) is 0 Å². The van der Waals surface area contributed by atoms with E-state index in [2.05, 4.69) is 31.2 Å². The zero-order valence-corrected chi connectivity index (χ0v) is 8.21. The number of nitrogens with one attached hydrogen (secondary N) is 1. The standard InChI is InChI=1S/C7H11BrN4/c8-6-4-10-5-12-7(6)11-3-1-2-9/h4-5H,1-3,9H2,(H,10,11,12). The number of rotatable bonds is 4. The first-order valence-corrected chi connectivity index (χ1v) is 4.53. The molecule has 5 heteroatoms. The normalized spacial score (nSPS) is 9.83. The molecule has 66 valence electrons. The molecule has 0 aromatic carbocycles. The van der Waals surface area contributed by atoms with Gasteiger partial charge in [0.25, 0.3) is 0 Å². The van der Waals surface area contributed by atoms with E-state index in [-0.39, 0.29) is 0 Å². The molecule has 0 bridgehead atoms. The van der Waals surface area contributed by atoms with Crippen LogP contribution in [0.5, 0.6) is 0 Å². The van der Waals surface area contributed by atoms with Crippen molar-refractivity contribution in [3.05, 3.63) is 17.0 Å². The lowest BCUT2D eigenvalue weighted by Gasteiger charge is -2.04. The second kappa shape index (κ2) is 5.05. The zero-order valence-electron chi connectivity index (χ0n) is 6.63. The van der Waals surface area contributed by atoms with E-state index in [1.165, 1.54) is 6.33 Å². The smallest absolute Gasteiger partial charge is 0.143 e. The average Bonchev–Trinajstić information content (AvgIpc) is 2.09. The van der Waals surface area contributed by atoms with Gasteiger partial charge in [-0.25, -0.2) is 9.97 Å².